The first-order chi connectivity index (χ1) is 10.9. The monoisotopic (exact) mass is 314 g/mol. The van der Waals surface area contributed by atoms with Gasteiger partial charge in [0.25, 0.3) is 0 Å². The van der Waals surface area contributed by atoms with Crippen molar-refractivity contribution in [3.8, 4) is 0 Å². The van der Waals surface area contributed by atoms with Crippen molar-refractivity contribution in [3.63, 3.8) is 0 Å². The Balaban J connectivity index is 1.81. The normalized spacial score (nSPS) is 21.6. The minimum Gasteiger partial charge on any atom is -0.481 e. The summed E-state index contributed by atoms with van der Waals surface area (Å²) >= 11 is 0. The van der Waals surface area contributed by atoms with Crippen LogP contribution in [-0.4, -0.2) is 39.5 Å². The lowest BCUT2D eigenvalue weighted by molar-refractivity contribution is -0.153. The Morgan fingerprint density at radius 3 is 2.78 bits per heavy atom. The lowest BCUT2D eigenvalue weighted by atomic mass is 9.82. The van der Waals surface area contributed by atoms with Gasteiger partial charge in [-0.1, -0.05) is 18.2 Å². The van der Waals surface area contributed by atoms with Crippen LogP contribution >= 0.6 is 0 Å². The molecule has 1 fully saturated rings. The number of carboxylic acids is 1. The van der Waals surface area contributed by atoms with Crippen molar-refractivity contribution in [2.45, 2.75) is 33.2 Å². The molecular formula is C18H22N2O3. The van der Waals surface area contributed by atoms with Crippen LogP contribution in [0.4, 0.5) is 0 Å². The molecule has 0 spiro atoms. The molecule has 23 heavy (non-hydrogen) atoms. The number of aliphatic carboxylic acids is 1. The van der Waals surface area contributed by atoms with Crippen LogP contribution in [0.5, 0.6) is 0 Å². The molecule has 1 amide bonds. The van der Waals surface area contributed by atoms with Gasteiger partial charge in [0.15, 0.2) is 0 Å². The zero-order valence-corrected chi connectivity index (χ0v) is 13.6. The van der Waals surface area contributed by atoms with E-state index in [0.29, 0.717) is 19.5 Å². The van der Waals surface area contributed by atoms with Gasteiger partial charge < -0.3 is 14.6 Å². The Kier molecular flexibility index (Phi) is 3.88. The third-order valence-electron chi connectivity index (χ3n) is 4.88. The maximum Gasteiger partial charge on any atom is 0.311 e. The molecule has 1 unspecified atom stereocenters. The molecule has 2 heterocycles. The van der Waals surface area contributed by atoms with Crippen molar-refractivity contribution >= 4 is 22.8 Å². The molecule has 2 aromatic rings. The van der Waals surface area contributed by atoms with Crippen LogP contribution in [0.25, 0.3) is 10.9 Å². The second-order valence-corrected chi connectivity index (χ2v) is 6.72. The van der Waals surface area contributed by atoms with Crippen LogP contribution in [0.3, 0.4) is 0 Å². The highest BCUT2D eigenvalue weighted by Gasteiger charge is 2.39. The number of rotatable bonds is 3. The highest BCUT2D eigenvalue weighted by atomic mass is 16.4. The molecule has 1 atom stereocenters. The third kappa shape index (κ3) is 2.83. The van der Waals surface area contributed by atoms with Crippen LogP contribution in [0, 0.1) is 12.3 Å². The number of likely N-dealkylation sites (tertiary alicyclic amines) is 1. The summed E-state index contributed by atoms with van der Waals surface area (Å²) in [5.41, 5.74) is 1.25. The maximum atomic E-state index is 12.7. The Morgan fingerprint density at radius 1 is 1.30 bits per heavy atom. The largest absolute Gasteiger partial charge is 0.481 e. The summed E-state index contributed by atoms with van der Waals surface area (Å²) in [5, 5.41) is 10.5. The van der Waals surface area contributed by atoms with Gasteiger partial charge in [-0.05, 0) is 44.2 Å². The summed E-state index contributed by atoms with van der Waals surface area (Å²) < 4.78 is 2.00. The van der Waals surface area contributed by atoms with Gasteiger partial charge in [0, 0.05) is 24.3 Å². The van der Waals surface area contributed by atoms with Crippen molar-refractivity contribution in [1.29, 1.82) is 0 Å². The number of amides is 1. The molecule has 1 aliphatic rings. The average Bonchev–Trinajstić information content (AvgIpc) is 2.83. The van der Waals surface area contributed by atoms with Crippen LogP contribution in [0.15, 0.2) is 30.3 Å². The molecule has 1 aromatic carbocycles. The van der Waals surface area contributed by atoms with E-state index in [1.165, 1.54) is 0 Å². The fraction of sp³-hybridized carbons (Fsp3) is 0.444. The number of piperidine rings is 1. The number of carbonyl (C=O) groups excluding carboxylic acids is 1. The van der Waals surface area contributed by atoms with Gasteiger partial charge in [0.05, 0.1) is 5.41 Å². The zero-order valence-electron chi connectivity index (χ0n) is 13.6. The SMILES string of the molecule is Cc1cc2ccccc2n1CC(=O)N1CCCC(C)(C(=O)O)C1. The maximum absolute atomic E-state index is 12.7. The fourth-order valence-corrected chi connectivity index (χ4v) is 3.42. The van der Waals surface area contributed by atoms with Crippen molar-refractivity contribution in [2.24, 2.45) is 5.41 Å². The number of carboxylic acid groups (broad SMARTS) is 1. The van der Waals surface area contributed by atoms with E-state index in [4.69, 9.17) is 0 Å². The molecule has 0 bridgehead atoms. The van der Waals surface area contributed by atoms with Gasteiger partial charge in [-0.15, -0.1) is 0 Å². The van der Waals surface area contributed by atoms with E-state index < -0.39 is 11.4 Å². The first-order valence-electron chi connectivity index (χ1n) is 7.97. The average molecular weight is 314 g/mol. The quantitative estimate of drug-likeness (QED) is 0.947. The number of fused-ring (bicyclic) bond motifs is 1. The van der Waals surface area contributed by atoms with Crippen LogP contribution in [-0.2, 0) is 16.1 Å². The van der Waals surface area contributed by atoms with Crippen molar-refractivity contribution in [1.82, 2.24) is 9.47 Å². The van der Waals surface area contributed by atoms with Crippen LogP contribution in [0.1, 0.15) is 25.5 Å². The van der Waals surface area contributed by atoms with E-state index in [1.54, 1.807) is 11.8 Å². The number of hydrogen-bond donors (Lipinski definition) is 1. The summed E-state index contributed by atoms with van der Waals surface area (Å²) in [6.45, 7) is 4.91. The predicted molar refractivity (Wildman–Crippen MR) is 88.2 cm³/mol. The minimum absolute atomic E-state index is 0.0124. The van der Waals surface area contributed by atoms with Gasteiger partial charge in [0.1, 0.15) is 6.54 Å². The molecule has 1 saturated heterocycles. The summed E-state index contributed by atoms with van der Waals surface area (Å²) in [5.74, 6) is -0.834. The third-order valence-corrected chi connectivity index (χ3v) is 4.88. The minimum atomic E-state index is -0.832. The standard InChI is InChI=1S/C18H22N2O3/c1-13-10-14-6-3-4-7-15(14)20(13)11-16(21)19-9-5-8-18(2,12-19)17(22)23/h3-4,6-7,10H,5,8-9,11-12H2,1-2H3,(H,22,23). The highest BCUT2D eigenvalue weighted by Crippen LogP contribution is 2.30. The van der Waals surface area contributed by atoms with Crippen LogP contribution in [0.2, 0.25) is 0 Å². The molecule has 3 rings (SSSR count). The second kappa shape index (κ2) is 5.72. The van der Waals surface area contributed by atoms with E-state index in [1.807, 2.05) is 35.8 Å². The van der Waals surface area contributed by atoms with Crippen molar-refractivity contribution < 1.29 is 14.7 Å². The number of benzene rings is 1. The lowest BCUT2D eigenvalue weighted by Gasteiger charge is -2.37. The number of carbonyl (C=O) groups is 2. The van der Waals surface area contributed by atoms with E-state index in [-0.39, 0.29) is 12.5 Å². The number of para-hydroxylation sites is 1. The van der Waals surface area contributed by atoms with E-state index >= 15 is 0 Å². The smallest absolute Gasteiger partial charge is 0.311 e. The molecule has 0 saturated carbocycles. The van der Waals surface area contributed by atoms with E-state index in [2.05, 4.69) is 6.07 Å². The number of hydrogen-bond acceptors (Lipinski definition) is 2. The Morgan fingerprint density at radius 2 is 2.04 bits per heavy atom. The van der Waals surface area contributed by atoms with Gasteiger partial charge in [0.2, 0.25) is 5.91 Å². The number of nitrogens with zero attached hydrogens (tertiary/aromatic N) is 2. The molecule has 1 N–H and O–H groups in total. The molecule has 1 aromatic heterocycles. The molecule has 5 heteroatoms. The van der Waals surface area contributed by atoms with Gasteiger partial charge in [-0.2, -0.15) is 0 Å². The summed E-state index contributed by atoms with van der Waals surface area (Å²) in [6.07, 6.45) is 1.36. The summed E-state index contributed by atoms with van der Waals surface area (Å²) in [4.78, 5) is 25.8. The first-order valence-corrected chi connectivity index (χ1v) is 7.97. The van der Waals surface area contributed by atoms with Crippen LogP contribution < -0.4 is 0 Å². The van der Waals surface area contributed by atoms with E-state index in [9.17, 15) is 14.7 Å². The Bertz CT molecular complexity index is 765. The molecule has 0 radical (unpaired) electrons. The topological polar surface area (TPSA) is 62.5 Å². The number of aromatic nitrogens is 1. The molecule has 122 valence electrons. The predicted octanol–water partition coefficient (Wildman–Crippen LogP) is 2.66. The van der Waals surface area contributed by atoms with Crippen molar-refractivity contribution in [3.05, 3.63) is 36.0 Å². The first kappa shape index (κ1) is 15.6. The van der Waals surface area contributed by atoms with Crippen molar-refractivity contribution in [2.75, 3.05) is 13.1 Å². The lowest BCUT2D eigenvalue weighted by Crippen LogP contribution is -2.49. The van der Waals surface area contributed by atoms with Gasteiger partial charge in [-0.3, -0.25) is 9.59 Å². The van der Waals surface area contributed by atoms with Gasteiger partial charge in [-0.25, -0.2) is 0 Å². The Labute approximate surface area is 135 Å². The number of aryl methyl sites for hydroxylation is 1. The Hall–Kier alpha value is -2.30. The molecule has 1 aliphatic heterocycles. The molecule has 0 aliphatic carbocycles. The van der Waals surface area contributed by atoms with E-state index in [0.717, 1.165) is 23.0 Å². The molecule has 5 nitrogen and oxygen atoms in total. The summed E-state index contributed by atoms with van der Waals surface area (Å²) in [7, 11) is 0. The second-order valence-electron chi connectivity index (χ2n) is 6.72. The molecular weight excluding hydrogens is 292 g/mol. The van der Waals surface area contributed by atoms with Gasteiger partial charge >= 0.3 is 5.97 Å². The fourth-order valence-electron chi connectivity index (χ4n) is 3.42. The summed E-state index contributed by atoms with van der Waals surface area (Å²) in [6, 6.07) is 10.1. The highest BCUT2D eigenvalue weighted by molar-refractivity contribution is 5.85. The zero-order chi connectivity index (χ0) is 16.6.